The fraction of sp³-hybridized carbons (Fsp3) is 0.360. The number of carbonyl (C=O) groups excluding carboxylic acids is 2. The summed E-state index contributed by atoms with van der Waals surface area (Å²) in [6.07, 6.45) is 2.72. The molecule has 2 aromatic carbocycles. The number of hydrogen-bond donors (Lipinski definition) is 0. The highest BCUT2D eigenvalue weighted by Gasteiger charge is 2.29. The molecule has 0 saturated carbocycles. The smallest absolute Gasteiger partial charge is 0.257 e. The van der Waals surface area contributed by atoms with Crippen molar-refractivity contribution < 1.29 is 18.7 Å². The lowest BCUT2D eigenvalue weighted by molar-refractivity contribution is -0.0340. The van der Waals surface area contributed by atoms with Crippen molar-refractivity contribution in [2.24, 2.45) is 5.92 Å². The van der Waals surface area contributed by atoms with Gasteiger partial charge in [-0.2, -0.15) is 0 Å². The Bertz CT molecular complexity index is 1040. The number of rotatable bonds is 6. The number of nitrogens with zero attached hydrogens (tertiary/aromatic N) is 2. The molecule has 162 valence electrons. The third kappa shape index (κ3) is 4.80. The summed E-state index contributed by atoms with van der Waals surface area (Å²) >= 11 is 0. The van der Waals surface area contributed by atoms with Crippen LogP contribution in [0.3, 0.4) is 0 Å². The van der Waals surface area contributed by atoms with Crippen molar-refractivity contribution in [3.63, 3.8) is 0 Å². The zero-order valence-corrected chi connectivity index (χ0v) is 18.0. The monoisotopic (exact) mass is 420 g/mol. The van der Waals surface area contributed by atoms with Crippen LogP contribution in [-0.2, 0) is 4.74 Å². The second-order valence-electron chi connectivity index (χ2n) is 8.39. The van der Waals surface area contributed by atoms with Crippen molar-refractivity contribution in [3.05, 3.63) is 72.2 Å². The summed E-state index contributed by atoms with van der Waals surface area (Å²) in [5.74, 6) is 0.233. The number of hydrogen-bond acceptors (Lipinski definition) is 4. The van der Waals surface area contributed by atoms with E-state index in [1.807, 2.05) is 47.4 Å². The number of fused-ring (bicyclic) bond motifs is 1. The summed E-state index contributed by atoms with van der Waals surface area (Å²) in [6.45, 7) is 6.68. The summed E-state index contributed by atoms with van der Waals surface area (Å²) in [7, 11) is 0. The Kier molecular flexibility index (Phi) is 6.37. The number of furan rings is 1. The van der Waals surface area contributed by atoms with Crippen molar-refractivity contribution in [2.45, 2.75) is 20.0 Å². The van der Waals surface area contributed by atoms with Gasteiger partial charge in [0.05, 0.1) is 24.5 Å². The maximum absolute atomic E-state index is 13.5. The van der Waals surface area contributed by atoms with Gasteiger partial charge in [0.25, 0.3) is 11.8 Å². The number of carbonyl (C=O) groups is 2. The largest absolute Gasteiger partial charge is 0.472 e. The first-order chi connectivity index (χ1) is 15.0. The Balaban J connectivity index is 1.52. The second-order valence-corrected chi connectivity index (χ2v) is 8.39. The molecule has 1 fully saturated rings. The maximum atomic E-state index is 13.5. The number of ether oxygens (including phenoxy) is 1. The first-order valence-electron chi connectivity index (χ1n) is 10.7. The lowest BCUT2D eigenvalue weighted by Gasteiger charge is -2.36. The van der Waals surface area contributed by atoms with E-state index in [0.717, 1.165) is 10.8 Å². The van der Waals surface area contributed by atoms with E-state index in [-0.39, 0.29) is 17.9 Å². The van der Waals surface area contributed by atoms with Gasteiger partial charge in [-0.25, -0.2) is 0 Å². The summed E-state index contributed by atoms with van der Waals surface area (Å²) in [5, 5.41) is 1.99. The molecule has 4 rings (SSSR count). The SMILES string of the molecule is CC(C)CN(CC1CN(C(=O)c2ccoc2)CCO1)C(=O)c1cccc2ccccc12. The van der Waals surface area contributed by atoms with Crippen LogP contribution in [0.5, 0.6) is 0 Å². The third-order valence-corrected chi connectivity index (χ3v) is 5.51. The van der Waals surface area contributed by atoms with E-state index in [0.29, 0.717) is 49.8 Å². The molecule has 1 unspecified atom stereocenters. The number of morpholine rings is 1. The standard InChI is InChI=1S/C25H28N2O4/c1-18(2)14-27(25(29)23-9-5-7-19-6-3-4-8-22(19)23)16-21-15-26(11-13-31-21)24(28)20-10-12-30-17-20/h3-10,12,17-18,21H,11,13-16H2,1-2H3. The third-order valence-electron chi connectivity index (χ3n) is 5.51. The van der Waals surface area contributed by atoms with Gasteiger partial charge in [-0.3, -0.25) is 9.59 Å². The van der Waals surface area contributed by atoms with E-state index in [2.05, 4.69) is 13.8 Å². The molecule has 1 saturated heterocycles. The van der Waals surface area contributed by atoms with E-state index in [9.17, 15) is 9.59 Å². The molecule has 31 heavy (non-hydrogen) atoms. The highest BCUT2D eigenvalue weighted by Crippen LogP contribution is 2.21. The minimum atomic E-state index is -0.234. The van der Waals surface area contributed by atoms with Crippen LogP contribution in [0.2, 0.25) is 0 Å². The molecule has 3 aromatic rings. The first-order valence-corrected chi connectivity index (χ1v) is 10.7. The van der Waals surface area contributed by atoms with E-state index < -0.39 is 0 Å². The quantitative estimate of drug-likeness (QED) is 0.603. The molecule has 0 spiro atoms. The lowest BCUT2D eigenvalue weighted by atomic mass is 10.0. The summed E-state index contributed by atoms with van der Waals surface area (Å²) < 4.78 is 11.0. The fourth-order valence-electron chi connectivity index (χ4n) is 4.09. The molecule has 2 heterocycles. The van der Waals surface area contributed by atoms with Crippen molar-refractivity contribution in [1.29, 1.82) is 0 Å². The van der Waals surface area contributed by atoms with Gasteiger partial charge < -0.3 is 19.0 Å². The fourth-order valence-corrected chi connectivity index (χ4v) is 4.09. The Morgan fingerprint density at radius 2 is 1.94 bits per heavy atom. The zero-order valence-electron chi connectivity index (χ0n) is 18.0. The van der Waals surface area contributed by atoms with Crippen molar-refractivity contribution >= 4 is 22.6 Å². The Labute approximate surface area is 182 Å². The van der Waals surface area contributed by atoms with Gasteiger partial charge in [0, 0.05) is 31.7 Å². The molecule has 2 amide bonds. The van der Waals surface area contributed by atoms with Crippen LogP contribution in [0.15, 0.2) is 65.5 Å². The Morgan fingerprint density at radius 1 is 1.13 bits per heavy atom. The predicted octanol–water partition coefficient (Wildman–Crippen LogP) is 4.07. The first kappa shape index (κ1) is 21.1. The molecule has 1 aliphatic rings. The Hall–Kier alpha value is -3.12. The van der Waals surface area contributed by atoms with Crippen molar-refractivity contribution in [2.75, 3.05) is 32.8 Å². The van der Waals surface area contributed by atoms with Gasteiger partial charge in [-0.05, 0) is 28.8 Å². The topological polar surface area (TPSA) is 63.0 Å². The highest BCUT2D eigenvalue weighted by atomic mass is 16.5. The summed E-state index contributed by atoms with van der Waals surface area (Å²) in [6, 6.07) is 15.4. The van der Waals surface area contributed by atoms with Crippen LogP contribution in [0.4, 0.5) is 0 Å². The highest BCUT2D eigenvalue weighted by molar-refractivity contribution is 6.07. The van der Waals surface area contributed by atoms with Crippen molar-refractivity contribution in [3.8, 4) is 0 Å². The molecule has 1 atom stereocenters. The summed E-state index contributed by atoms with van der Waals surface area (Å²) in [5.41, 5.74) is 1.23. The molecule has 0 radical (unpaired) electrons. The molecule has 1 aromatic heterocycles. The van der Waals surface area contributed by atoms with Crippen molar-refractivity contribution in [1.82, 2.24) is 9.80 Å². The van der Waals surface area contributed by atoms with Crippen LogP contribution in [0.25, 0.3) is 10.8 Å². The van der Waals surface area contributed by atoms with Gasteiger partial charge in [0.15, 0.2) is 0 Å². The number of benzene rings is 2. The van der Waals surface area contributed by atoms with Crippen LogP contribution in [-0.4, -0.2) is 60.5 Å². The Morgan fingerprint density at radius 3 is 2.71 bits per heavy atom. The average molecular weight is 421 g/mol. The normalized spacial score (nSPS) is 16.6. The van der Waals surface area contributed by atoms with E-state index in [1.54, 1.807) is 11.0 Å². The molecule has 6 nitrogen and oxygen atoms in total. The van der Waals surface area contributed by atoms with E-state index in [4.69, 9.17) is 9.15 Å². The molecule has 6 heteroatoms. The molecular formula is C25H28N2O4. The molecular weight excluding hydrogens is 392 g/mol. The van der Waals surface area contributed by atoms with E-state index in [1.165, 1.54) is 12.5 Å². The van der Waals surface area contributed by atoms with Crippen LogP contribution in [0, 0.1) is 5.92 Å². The van der Waals surface area contributed by atoms with E-state index >= 15 is 0 Å². The zero-order chi connectivity index (χ0) is 21.8. The van der Waals surface area contributed by atoms with Crippen LogP contribution < -0.4 is 0 Å². The van der Waals surface area contributed by atoms with Crippen LogP contribution in [0.1, 0.15) is 34.6 Å². The lowest BCUT2D eigenvalue weighted by Crippen LogP contribution is -2.51. The maximum Gasteiger partial charge on any atom is 0.257 e. The minimum Gasteiger partial charge on any atom is -0.472 e. The van der Waals surface area contributed by atoms with Gasteiger partial charge in [-0.15, -0.1) is 0 Å². The molecule has 0 N–H and O–H groups in total. The van der Waals surface area contributed by atoms with Gasteiger partial charge in [0.1, 0.15) is 6.26 Å². The van der Waals surface area contributed by atoms with Gasteiger partial charge in [-0.1, -0.05) is 50.2 Å². The molecule has 0 bridgehead atoms. The second kappa shape index (κ2) is 9.35. The number of amides is 2. The average Bonchev–Trinajstić information content (AvgIpc) is 3.32. The predicted molar refractivity (Wildman–Crippen MR) is 119 cm³/mol. The van der Waals surface area contributed by atoms with Crippen LogP contribution >= 0.6 is 0 Å². The minimum absolute atomic E-state index is 0.00705. The van der Waals surface area contributed by atoms with Gasteiger partial charge >= 0.3 is 0 Å². The van der Waals surface area contributed by atoms with Gasteiger partial charge in [0.2, 0.25) is 0 Å². The molecule has 1 aliphatic heterocycles. The summed E-state index contributed by atoms with van der Waals surface area (Å²) in [4.78, 5) is 29.9. The molecule has 0 aliphatic carbocycles.